The maximum absolute atomic E-state index is 13.1. The Bertz CT molecular complexity index is 856. The molecule has 0 radical (unpaired) electrons. The Morgan fingerprint density at radius 3 is 2.62 bits per heavy atom. The van der Waals surface area contributed by atoms with E-state index in [0.717, 1.165) is 50.1 Å². The first kappa shape index (κ1) is 18.6. The second kappa shape index (κ2) is 8.13. The molecule has 3 aliphatic rings. The molecular formula is C23H28N4O2. The summed E-state index contributed by atoms with van der Waals surface area (Å²) in [6.07, 6.45) is 8.54. The normalized spacial score (nSPS) is 19.9. The topological polar surface area (TPSA) is 57.7 Å². The predicted octanol–water partition coefficient (Wildman–Crippen LogP) is 3.05. The van der Waals surface area contributed by atoms with Crippen molar-refractivity contribution in [1.29, 1.82) is 0 Å². The van der Waals surface area contributed by atoms with Gasteiger partial charge in [-0.15, -0.1) is 0 Å². The highest BCUT2D eigenvalue weighted by Crippen LogP contribution is 2.30. The molecule has 0 bridgehead atoms. The Kier molecular flexibility index (Phi) is 5.21. The molecule has 152 valence electrons. The molecule has 5 rings (SSSR count). The molecule has 6 nitrogen and oxygen atoms in total. The van der Waals surface area contributed by atoms with Gasteiger partial charge in [0.2, 0.25) is 0 Å². The first-order chi connectivity index (χ1) is 14.3. The third-order valence-electron chi connectivity index (χ3n) is 6.00. The lowest BCUT2D eigenvalue weighted by molar-refractivity contribution is 0.0627. The number of nitrogens with one attached hydrogen (secondary N) is 1. The van der Waals surface area contributed by atoms with Crippen molar-refractivity contribution >= 4 is 5.91 Å². The fraction of sp³-hybridized carbons (Fsp3) is 0.478. The number of rotatable bonds is 7. The number of ether oxygens (including phenoxy) is 1. The van der Waals surface area contributed by atoms with E-state index in [1.165, 1.54) is 25.7 Å². The molecule has 1 amide bonds. The van der Waals surface area contributed by atoms with Gasteiger partial charge in [0.05, 0.1) is 6.20 Å². The number of amides is 1. The van der Waals surface area contributed by atoms with Crippen LogP contribution in [0.1, 0.15) is 41.6 Å². The number of piperazine rings is 1. The zero-order valence-corrected chi connectivity index (χ0v) is 16.7. The summed E-state index contributed by atoms with van der Waals surface area (Å²) in [5.74, 6) is 1.51. The smallest absolute Gasteiger partial charge is 0.254 e. The van der Waals surface area contributed by atoms with E-state index >= 15 is 0 Å². The number of nitrogens with zero attached hydrogens (tertiary/aromatic N) is 3. The number of hydrogen-bond acceptors (Lipinski definition) is 5. The molecule has 1 aromatic heterocycles. The van der Waals surface area contributed by atoms with Crippen LogP contribution in [0.15, 0.2) is 42.7 Å². The average molecular weight is 393 g/mol. The van der Waals surface area contributed by atoms with E-state index < -0.39 is 0 Å². The summed E-state index contributed by atoms with van der Waals surface area (Å²) in [6, 6.07) is 11.0. The van der Waals surface area contributed by atoms with E-state index in [2.05, 4.69) is 15.2 Å². The van der Waals surface area contributed by atoms with Crippen LogP contribution < -0.4 is 10.1 Å². The highest BCUT2D eigenvalue weighted by molar-refractivity contribution is 5.94. The highest BCUT2D eigenvalue weighted by atomic mass is 16.5. The van der Waals surface area contributed by atoms with Crippen molar-refractivity contribution in [1.82, 2.24) is 20.1 Å². The maximum atomic E-state index is 13.1. The summed E-state index contributed by atoms with van der Waals surface area (Å²) in [7, 11) is 0. The van der Waals surface area contributed by atoms with Crippen LogP contribution in [0.25, 0.3) is 0 Å². The third kappa shape index (κ3) is 4.60. The van der Waals surface area contributed by atoms with Crippen molar-refractivity contribution in [2.45, 2.75) is 44.3 Å². The van der Waals surface area contributed by atoms with Gasteiger partial charge in [-0.1, -0.05) is 6.07 Å². The molecule has 0 unspecified atom stereocenters. The number of benzene rings is 1. The third-order valence-corrected chi connectivity index (χ3v) is 6.00. The van der Waals surface area contributed by atoms with E-state index in [-0.39, 0.29) is 5.91 Å². The summed E-state index contributed by atoms with van der Waals surface area (Å²) < 4.78 is 6.12. The Balaban J connectivity index is 1.32. The largest absolute Gasteiger partial charge is 0.455 e. The van der Waals surface area contributed by atoms with E-state index in [0.29, 0.717) is 17.4 Å². The van der Waals surface area contributed by atoms with E-state index in [1.54, 1.807) is 12.4 Å². The maximum Gasteiger partial charge on any atom is 0.254 e. The van der Waals surface area contributed by atoms with Gasteiger partial charge in [-0.2, -0.15) is 0 Å². The van der Waals surface area contributed by atoms with E-state index in [9.17, 15) is 4.79 Å². The fourth-order valence-electron chi connectivity index (χ4n) is 3.92. The minimum atomic E-state index is 0.0955. The summed E-state index contributed by atoms with van der Waals surface area (Å²) in [4.78, 5) is 21.7. The van der Waals surface area contributed by atoms with Gasteiger partial charge in [-0.3, -0.25) is 14.7 Å². The number of pyridine rings is 1. The van der Waals surface area contributed by atoms with Gasteiger partial charge < -0.3 is 15.0 Å². The van der Waals surface area contributed by atoms with Gasteiger partial charge in [0.1, 0.15) is 11.5 Å². The molecule has 2 aromatic rings. The molecule has 2 heterocycles. The number of aromatic nitrogens is 1. The van der Waals surface area contributed by atoms with Crippen LogP contribution in [-0.2, 0) is 6.54 Å². The Hall–Kier alpha value is -2.44. The van der Waals surface area contributed by atoms with Crippen LogP contribution in [-0.4, -0.2) is 59.0 Å². The van der Waals surface area contributed by atoms with Gasteiger partial charge >= 0.3 is 0 Å². The van der Waals surface area contributed by atoms with Gasteiger partial charge in [-0.25, -0.2) is 0 Å². The Labute approximate surface area is 171 Å². The van der Waals surface area contributed by atoms with Crippen LogP contribution in [0.3, 0.4) is 0 Å². The molecule has 1 saturated heterocycles. The second-order valence-corrected chi connectivity index (χ2v) is 8.33. The standard InChI is InChI=1S/C23H28N4O2/c28-23(27-12-10-26(11-13-27)20-7-8-20)17-3-4-18(15-25-19-5-6-19)22(14-17)29-21-2-1-9-24-16-21/h1-4,9,14,16,19-20,25H,5-8,10-13,15H2. The van der Waals surface area contributed by atoms with Crippen LogP contribution >= 0.6 is 0 Å². The quantitative estimate of drug-likeness (QED) is 0.785. The van der Waals surface area contributed by atoms with Crippen LogP contribution in [0.4, 0.5) is 0 Å². The second-order valence-electron chi connectivity index (χ2n) is 8.33. The molecular weight excluding hydrogens is 364 g/mol. The van der Waals surface area contributed by atoms with E-state index in [1.807, 2.05) is 35.2 Å². The molecule has 0 spiro atoms. The van der Waals surface area contributed by atoms with Crippen LogP contribution in [0, 0.1) is 0 Å². The lowest BCUT2D eigenvalue weighted by Crippen LogP contribution is -2.49. The zero-order valence-electron chi connectivity index (χ0n) is 16.7. The minimum Gasteiger partial charge on any atom is -0.455 e. The Morgan fingerprint density at radius 2 is 1.93 bits per heavy atom. The summed E-state index contributed by atoms with van der Waals surface area (Å²) in [5.41, 5.74) is 1.76. The minimum absolute atomic E-state index is 0.0955. The molecule has 3 fully saturated rings. The fourth-order valence-corrected chi connectivity index (χ4v) is 3.92. The van der Waals surface area contributed by atoms with Gasteiger partial charge in [-0.05, 0) is 49.9 Å². The molecule has 0 atom stereocenters. The lowest BCUT2D eigenvalue weighted by Gasteiger charge is -2.35. The molecule has 2 saturated carbocycles. The SMILES string of the molecule is O=C(c1ccc(CNC2CC2)c(Oc2cccnc2)c1)N1CCN(C2CC2)CC1. The summed E-state index contributed by atoms with van der Waals surface area (Å²) in [5, 5.41) is 3.54. The van der Waals surface area contributed by atoms with Gasteiger partial charge in [0.25, 0.3) is 5.91 Å². The van der Waals surface area contributed by atoms with Crippen LogP contribution in [0.5, 0.6) is 11.5 Å². The van der Waals surface area contributed by atoms with Crippen molar-refractivity contribution in [2.24, 2.45) is 0 Å². The van der Waals surface area contributed by atoms with Crippen molar-refractivity contribution < 1.29 is 9.53 Å². The van der Waals surface area contributed by atoms with Gasteiger partial charge in [0, 0.05) is 62.1 Å². The number of carbonyl (C=O) groups excluding carboxylic acids is 1. The van der Waals surface area contributed by atoms with Crippen molar-refractivity contribution in [3.8, 4) is 11.5 Å². The number of hydrogen-bond donors (Lipinski definition) is 1. The average Bonchev–Trinajstić information content (AvgIpc) is 3.67. The Morgan fingerprint density at radius 1 is 1.10 bits per heavy atom. The van der Waals surface area contributed by atoms with E-state index in [4.69, 9.17) is 4.74 Å². The summed E-state index contributed by atoms with van der Waals surface area (Å²) in [6.45, 7) is 4.32. The molecule has 6 heteroatoms. The predicted molar refractivity (Wildman–Crippen MR) is 111 cm³/mol. The zero-order chi connectivity index (χ0) is 19.6. The first-order valence-electron chi connectivity index (χ1n) is 10.7. The number of carbonyl (C=O) groups is 1. The van der Waals surface area contributed by atoms with Crippen molar-refractivity contribution in [2.75, 3.05) is 26.2 Å². The lowest BCUT2D eigenvalue weighted by atomic mass is 10.1. The molecule has 1 aromatic carbocycles. The molecule has 1 aliphatic heterocycles. The summed E-state index contributed by atoms with van der Waals surface area (Å²) >= 11 is 0. The molecule has 29 heavy (non-hydrogen) atoms. The van der Waals surface area contributed by atoms with Gasteiger partial charge in [0.15, 0.2) is 0 Å². The molecule has 2 aliphatic carbocycles. The molecule has 1 N–H and O–H groups in total. The monoisotopic (exact) mass is 392 g/mol. The van der Waals surface area contributed by atoms with Crippen molar-refractivity contribution in [3.05, 3.63) is 53.9 Å². The van der Waals surface area contributed by atoms with Crippen molar-refractivity contribution in [3.63, 3.8) is 0 Å². The highest BCUT2D eigenvalue weighted by Gasteiger charge is 2.32. The first-order valence-corrected chi connectivity index (χ1v) is 10.7. The van der Waals surface area contributed by atoms with Crippen LogP contribution in [0.2, 0.25) is 0 Å².